The third-order valence-electron chi connectivity index (χ3n) is 1.61. The smallest absolute Gasteiger partial charge is 0.163 e. The maximum absolute atomic E-state index is 8.76. The number of hydrogen-bond acceptors (Lipinski definition) is 3. The summed E-state index contributed by atoms with van der Waals surface area (Å²) < 4.78 is 10.7. The van der Waals surface area contributed by atoms with E-state index in [1.54, 1.807) is 0 Å². The second-order valence-electron chi connectivity index (χ2n) is 3.06. The minimum Gasteiger partial charge on any atom is -0.394 e. The van der Waals surface area contributed by atoms with Crippen molar-refractivity contribution in [3.05, 3.63) is 0 Å². The van der Waals surface area contributed by atoms with Crippen molar-refractivity contribution in [3.63, 3.8) is 0 Å². The quantitative estimate of drug-likeness (QED) is 0.586. The number of ether oxygens (including phenoxy) is 2. The third kappa shape index (κ3) is 1.48. The van der Waals surface area contributed by atoms with E-state index in [4.69, 9.17) is 14.6 Å². The topological polar surface area (TPSA) is 38.7 Å². The van der Waals surface area contributed by atoms with Gasteiger partial charge in [-0.15, -0.1) is 0 Å². The lowest BCUT2D eigenvalue weighted by Gasteiger charge is -2.15. The fourth-order valence-corrected chi connectivity index (χ4v) is 1.20. The van der Waals surface area contributed by atoms with Crippen LogP contribution in [0.4, 0.5) is 0 Å². The zero-order chi connectivity index (χ0) is 7.78. The molecule has 1 N–H and O–H groups in total. The van der Waals surface area contributed by atoms with Gasteiger partial charge in [-0.25, -0.2) is 0 Å². The van der Waals surface area contributed by atoms with Crippen molar-refractivity contribution in [2.75, 3.05) is 6.61 Å². The Balaban J connectivity index is 2.52. The van der Waals surface area contributed by atoms with Gasteiger partial charge >= 0.3 is 0 Å². The molecule has 0 aromatic rings. The molecule has 1 aliphatic heterocycles. The molecule has 10 heavy (non-hydrogen) atoms. The average Bonchev–Trinajstić information content (AvgIpc) is 2.05. The summed E-state index contributed by atoms with van der Waals surface area (Å²) in [7, 11) is 0. The molecule has 0 aromatic heterocycles. The van der Waals surface area contributed by atoms with Crippen LogP contribution in [0.15, 0.2) is 0 Å². The molecule has 0 aliphatic carbocycles. The molecule has 60 valence electrons. The van der Waals surface area contributed by atoms with Crippen molar-refractivity contribution in [1.29, 1.82) is 0 Å². The highest BCUT2D eigenvalue weighted by Crippen LogP contribution is 2.27. The predicted octanol–water partition coefficient (Wildman–Crippen LogP) is 0.519. The Morgan fingerprint density at radius 2 is 2.00 bits per heavy atom. The highest BCUT2D eigenvalue weighted by molar-refractivity contribution is 4.76. The first-order chi connectivity index (χ1) is 4.55. The van der Waals surface area contributed by atoms with Crippen molar-refractivity contribution in [2.24, 2.45) is 0 Å². The molecule has 1 unspecified atom stereocenters. The van der Waals surface area contributed by atoms with Gasteiger partial charge in [-0.3, -0.25) is 0 Å². The molecular weight excluding hydrogens is 132 g/mol. The Hall–Kier alpha value is -0.120. The standard InChI is InChI=1S/C7H14O3/c1-5-6(4-8)10-7(2,3)9-5/h5-6,8H,4H2,1-3H3/t5?,6-/m0/s1. The minimum absolute atomic E-state index is 0.000000000000000222. The SMILES string of the molecule is CC1OC(C)(C)O[C@H]1CO. The zero-order valence-electron chi connectivity index (χ0n) is 6.63. The molecule has 0 saturated carbocycles. The first-order valence-electron chi connectivity index (χ1n) is 3.51. The van der Waals surface area contributed by atoms with Crippen LogP contribution in [0.25, 0.3) is 0 Å². The second-order valence-corrected chi connectivity index (χ2v) is 3.06. The van der Waals surface area contributed by atoms with Crippen LogP contribution in [-0.2, 0) is 9.47 Å². The molecular formula is C7H14O3. The first kappa shape index (κ1) is 7.98. The summed E-state index contributed by atoms with van der Waals surface area (Å²) in [6.07, 6.45) is -0.157. The molecule has 2 atom stereocenters. The van der Waals surface area contributed by atoms with Gasteiger partial charge in [0.05, 0.1) is 12.7 Å². The van der Waals surface area contributed by atoms with E-state index in [0.717, 1.165) is 0 Å². The van der Waals surface area contributed by atoms with Crippen molar-refractivity contribution in [1.82, 2.24) is 0 Å². The molecule has 0 radical (unpaired) electrons. The van der Waals surface area contributed by atoms with Gasteiger partial charge < -0.3 is 14.6 Å². The number of rotatable bonds is 1. The average molecular weight is 146 g/mol. The van der Waals surface area contributed by atoms with Crippen LogP contribution < -0.4 is 0 Å². The maximum Gasteiger partial charge on any atom is 0.163 e. The van der Waals surface area contributed by atoms with Gasteiger partial charge in [-0.05, 0) is 20.8 Å². The molecule has 1 aliphatic rings. The monoisotopic (exact) mass is 146 g/mol. The number of aliphatic hydroxyl groups is 1. The summed E-state index contributed by atoms with van der Waals surface area (Å²) >= 11 is 0. The highest BCUT2D eigenvalue weighted by atomic mass is 16.8. The zero-order valence-corrected chi connectivity index (χ0v) is 6.63. The van der Waals surface area contributed by atoms with Crippen LogP contribution in [-0.4, -0.2) is 29.7 Å². The lowest BCUT2D eigenvalue weighted by molar-refractivity contribution is -0.147. The molecule has 3 nitrogen and oxygen atoms in total. The van der Waals surface area contributed by atoms with E-state index in [1.807, 2.05) is 20.8 Å². The fraction of sp³-hybridized carbons (Fsp3) is 1.00. The van der Waals surface area contributed by atoms with Crippen molar-refractivity contribution >= 4 is 0 Å². The molecule has 3 heteroatoms. The van der Waals surface area contributed by atoms with Crippen LogP contribution in [0, 0.1) is 0 Å². The van der Waals surface area contributed by atoms with Crippen LogP contribution >= 0.6 is 0 Å². The molecule has 1 rings (SSSR count). The van der Waals surface area contributed by atoms with Crippen molar-refractivity contribution in [2.45, 2.75) is 38.8 Å². The number of hydrogen-bond donors (Lipinski definition) is 1. The second kappa shape index (κ2) is 2.49. The lowest BCUT2D eigenvalue weighted by atomic mass is 10.2. The summed E-state index contributed by atoms with van der Waals surface area (Å²) in [5, 5.41) is 8.76. The molecule has 1 saturated heterocycles. The highest BCUT2D eigenvalue weighted by Gasteiger charge is 2.37. The van der Waals surface area contributed by atoms with Gasteiger partial charge in [0.25, 0.3) is 0 Å². The summed E-state index contributed by atoms with van der Waals surface area (Å²) in [6, 6.07) is 0. The summed E-state index contributed by atoms with van der Waals surface area (Å²) in [5.41, 5.74) is 0. The Labute approximate surface area is 60.9 Å². The molecule has 0 spiro atoms. The summed E-state index contributed by atoms with van der Waals surface area (Å²) in [5.74, 6) is -0.521. The Morgan fingerprint density at radius 3 is 2.20 bits per heavy atom. The van der Waals surface area contributed by atoms with Crippen LogP contribution in [0.2, 0.25) is 0 Å². The Kier molecular flexibility index (Phi) is 1.99. The van der Waals surface area contributed by atoms with Gasteiger partial charge in [-0.1, -0.05) is 0 Å². The van der Waals surface area contributed by atoms with Gasteiger partial charge in [0.2, 0.25) is 0 Å². The van der Waals surface area contributed by atoms with E-state index in [1.165, 1.54) is 0 Å². The molecule has 0 aromatic carbocycles. The molecule has 1 heterocycles. The van der Waals surface area contributed by atoms with Crippen molar-refractivity contribution < 1.29 is 14.6 Å². The van der Waals surface area contributed by atoms with Crippen LogP contribution in [0.3, 0.4) is 0 Å². The fourth-order valence-electron chi connectivity index (χ4n) is 1.20. The Bertz CT molecular complexity index is 122. The van der Waals surface area contributed by atoms with Crippen LogP contribution in [0.1, 0.15) is 20.8 Å². The van der Waals surface area contributed by atoms with Crippen LogP contribution in [0.5, 0.6) is 0 Å². The largest absolute Gasteiger partial charge is 0.394 e. The summed E-state index contributed by atoms with van der Waals surface area (Å²) in [6.45, 7) is 5.62. The van der Waals surface area contributed by atoms with Crippen molar-refractivity contribution in [3.8, 4) is 0 Å². The number of aliphatic hydroxyl groups excluding tert-OH is 1. The Morgan fingerprint density at radius 1 is 1.40 bits per heavy atom. The van der Waals surface area contributed by atoms with E-state index in [0.29, 0.717) is 0 Å². The normalized spacial score (nSPS) is 38.4. The molecule has 1 fully saturated rings. The van der Waals surface area contributed by atoms with E-state index in [2.05, 4.69) is 0 Å². The molecule has 0 bridgehead atoms. The predicted molar refractivity (Wildman–Crippen MR) is 36.6 cm³/mol. The van der Waals surface area contributed by atoms with E-state index in [9.17, 15) is 0 Å². The summed E-state index contributed by atoms with van der Waals surface area (Å²) in [4.78, 5) is 0. The van der Waals surface area contributed by atoms with Gasteiger partial charge in [-0.2, -0.15) is 0 Å². The maximum atomic E-state index is 8.76. The van der Waals surface area contributed by atoms with Gasteiger partial charge in [0.15, 0.2) is 5.79 Å². The first-order valence-corrected chi connectivity index (χ1v) is 3.51. The van der Waals surface area contributed by atoms with Gasteiger partial charge in [0, 0.05) is 0 Å². The van der Waals surface area contributed by atoms with E-state index >= 15 is 0 Å². The third-order valence-corrected chi connectivity index (χ3v) is 1.61. The van der Waals surface area contributed by atoms with E-state index < -0.39 is 5.79 Å². The van der Waals surface area contributed by atoms with Gasteiger partial charge in [0.1, 0.15) is 6.10 Å². The van der Waals surface area contributed by atoms with E-state index in [-0.39, 0.29) is 18.8 Å². The molecule has 0 amide bonds. The lowest BCUT2D eigenvalue weighted by Crippen LogP contribution is -2.24. The minimum atomic E-state index is -0.521.